The number of benzene rings is 6. The molecule has 54 heavy (non-hydrogen) atoms. The van der Waals surface area contributed by atoms with Gasteiger partial charge in [0.2, 0.25) is 23.6 Å². The molecule has 7 heteroatoms. The summed E-state index contributed by atoms with van der Waals surface area (Å²) in [5.74, 6) is 1.89. The van der Waals surface area contributed by atoms with Crippen molar-refractivity contribution in [2.75, 3.05) is 7.05 Å². The highest BCUT2D eigenvalue weighted by molar-refractivity contribution is 5.88. The maximum absolute atomic E-state index is 6.26. The van der Waals surface area contributed by atoms with Crippen LogP contribution in [0.4, 0.5) is 0 Å². The second-order valence-electron chi connectivity index (χ2n) is 13.4. The van der Waals surface area contributed by atoms with E-state index in [-0.39, 0.29) is 6.04 Å². The molecule has 8 aromatic rings. The number of allylic oxidation sites excluding steroid dienone is 2. The molecule has 0 bridgehead atoms. The Morgan fingerprint density at radius 2 is 0.815 bits per heavy atom. The summed E-state index contributed by atoms with van der Waals surface area (Å²) in [6.45, 7) is 2.19. The Kier molecular flexibility index (Phi) is 8.57. The first kappa shape index (κ1) is 32.8. The molecule has 260 valence electrons. The first-order valence-electron chi connectivity index (χ1n) is 17.9. The van der Waals surface area contributed by atoms with E-state index in [1.165, 1.54) is 0 Å². The monoisotopic (exact) mass is 701 g/mol. The van der Waals surface area contributed by atoms with Crippen LogP contribution in [-0.4, -0.2) is 38.4 Å². The predicted octanol–water partition coefficient (Wildman–Crippen LogP) is 11.4. The van der Waals surface area contributed by atoms with E-state index in [0.717, 1.165) is 66.8 Å². The van der Waals surface area contributed by atoms with Gasteiger partial charge in [-0.15, -0.1) is 20.4 Å². The summed E-state index contributed by atoms with van der Waals surface area (Å²) in [7, 11) is 2.08. The summed E-state index contributed by atoms with van der Waals surface area (Å²) < 4.78 is 12.4. The molecule has 1 unspecified atom stereocenters. The zero-order valence-corrected chi connectivity index (χ0v) is 29.8. The van der Waals surface area contributed by atoms with Crippen LogP contribution in [0.15, 0.2) is 179 Å². The zero-order valence-electron chi connectivity index (χ0n) is 29.8. The second kappa shape index (κ2) is 14.1. The molecule has 7 nitrogen and oxygen atoms in total. The quantitative estimate of drug-likeness (QED) is 0.156. The van der Waals surface area contributed by atoms with Gasteiger partial charge < -0.3 is 13.7 Å². The SMILES string of the molecule is CC1C=C(c2cc(-c3nnc(-c4ccc(-c5ccccc5)cc4)o3)ccc2-c2ccc(-c3nnc(-c4ccc(-c5ccccc5)cc4)o3)cc2)C=CN1C. The number of hydrogen-bond acceptors (Lipinski definition) is 7. The summed E-state index contributed by atoms with van der Waals surface area (Å²) in [5, 5.41) is 17.6. The Morgan fingerprint density at radius 3 is 1.28 bits per heavy atom. The Balaban J connectivity index is 0.991. The van der Waals surface area contributed by atoms with Crippen LogP contribution < -0.4 is 0 Å². The Hall–Kier alpha value is -7.12. The van der Waals surface area contributed by atoms with E-state index in [4.69, 9.17) is 8.83 Å². The van der Waals surface area contributed by atoms with Crippen molar-refractivity contribution in [1.29, 1.82) is 0 Å². The van der Waals surface area contributed by atoms with Gasteiger partial charge in [0, 0.05) is 35.3 Å². The molecule has 0 saturated carbocycles. The molecule has 2 aromatic heterocycles. The third-order valence-corrected chi connectivity index (χ3v) is 9.90. The first-order chi connectivity index (χ1) is 26.6. The third kappa shape index (κ3) is 6.55. The van der Waals surface area contributed by atoms with Gasteiger partial charge >= 0.3 is 0 Å². The maximum Gasteiger partial charge on any atom is 0.248 e. The molecule has 0 fully saturated rings. The normalized spacial score (nSPS) is 13.9. The van der Waals surface area contributed by atoms with E-state index in [9.17, 15) is 0 Å². The molecule has 0 spiro atoms. The van der Waals surface area contributed by atoms with Crippen LogP contribution >= 0.6 is 0 Å². The van der Waals surface area contributed by atoms with E-state index in [0.29, 0.717) is 23.6 Å². The van der Waals surface area contributed by atoms with Gasteiger partial charge in [0.15, 0.2) is 0 Å². The van der Waals surface area contributed by atoms with Crippen molar-refractivity contribution < 1.29 is 8.83 Å². The molecule has 6 aromatic carbocycles. The number of nitrogens with zero attached hydrogens (tertiary/aromatic N) is 5. The summed E-state index contributed by atoms with van der Waals surface area (Å²) in [6, 6.07) is 51.7. The van der Waals surface area contributed by atoms with E-state index in [2.05, 4.69) is 130 Å². The molecule has 1 aliphatic rings. The highest BCUT2D eigenvalue weighted by Crippen LogP contribution is 2.37. The molecule has 0 aliphatic carbocycles. The molecule has 0 saturated heterocycles. The van der Waals surface area contributed by atoms with Gasteiger partial charge in [-0.1, -0.05) is 109 Å². The minimum atomic E-state index is 0.235. The molecule has 0 radical (unpaired) electrons. The maximum atomic E-state index is 6.26. The van der Waals surface area contributed by atoms with E-state index >= 15 is 0 Å². The zero-order chi connectivity index (χ0) is 36.4. The first-order valence-corrected chi connectivity index (χ1v) is 17.9. The summed E-state index contributed by atoms with van der Waals surface area (Å²) >= 11 is 0. The molecule has 0 N–H and O–H groups in total. The fourth-order valence-corrected chi connectivity index (χ4v) is 6.69. The smallest absolute Gasteiger partial charge is 0.248 e. The number of rotatable bonds is 8. The van der Waals surface area contributed by atoms with Gasteiger partial charge in [-0.2, -0.15) is 0 Å². The van der Waals surface area contributed by atoms with Crippen molar-refractivity contribution >= 4 is 5.57 Å². The molecule has 1 aliphatic heterocycles. The molecule has 9 rings (SSSR count). The highest BCUT2D eigenvalue weighted by Gasteiger charge is 2.19. The van der Waals surface area contributed by atoms with E-state index in [1.54, 1.807) is 0 Å². The average molecular weight is 702 g/mol. The lowest BCUT2D eigenvalue weighted by atomic mass is 9.90. The lowest BCUT2D eigenvalue weighted by Crippen LogP contribution is -2.24. The van der Waals surface area contributed by atoms with Crippen molar-refractivity contribution in [2.24, 2.45) is 0 Å². The molecule has 1 atom stereocenters. The Labute approximate surface area is 313 Å². The Bertz CT molecular complexity index is 2600. The van der Waals surface area contributed by atoms with Crippen LogP contribution in [-0.2, 0) is 0 Å². The minimum Gasteiger partial charge on any atom is -0.416 e. The van der Waals surface area contributed by atoms with Crippen molar-refractivity contribution in [3.05, 3.63) is 176 Å². The third-order valence-electron chi connectivity index (χ3n) is 9.90. The van der Waals surface area contributed by atoms with Crippen LogP contribution in [0.5, 0.6) is 0 Å². The summed E-state index contributed by atoms with van der Waals surface area (Å²) in [5.41, 5.74) is 12.4. The largest absolute Gasteiger partial charge is 0.416 e. The van der Waals surface area contributed by atoms with Gasteiger partial charge in [0.25, 0.3) is 0 Å². The van der Waals surface area contributed by atoms with E-state index in [1.807, 2.05) is 78.9 Å². The van der Waals surface area contributed by atoms with Gasteiger partial charge in [-0.25, -0.2) is 0 Å². The van der Waals surface area contributed by atoms with E-state index < -0.39 is 0 Å². The van der Waals surface area contributed by atoms with Crippen LogP contribution in [0.1, 0.15) is 12.5 Å². The fraction of sp³-hybridized carbons (Fsp3) is 0.0638. The number of hydrogen-bond donors (Lipinski definition) is 0. The van der Waals surface area contributed by atoms with Crippen molar-refractivity contribution in [1.82, 2.24) is 25.3 Å². The summed E-state index contributed by atoms with van der Waals surface area (Å²) in [4.78, 5) is 2.19. The average Bonchev–Trinajstić information content (AvgIpc) is 3.95. The molecule has 3 heterocycles. The molecular weight excluding hydrogens is 667 g/mol. The number of likely N-dealkylation sites (N-methyl/N-ethyl adjacent to an activating group) is 1. The van der Waals surface area contributed by atoms with Crippen LogP contribution in [0.25, 0.3) is 84.8 Å². The Morgan fingerprint density at radius 1 is 0.426 bits per heavy atom. The van der Waals surface area contributed by atoms with Crippen molar-refractivity contribution in [3.8, 4) is 79.2 Å². The fourth-order valence-electron chi connectivity index (χ4n) is 6.69. The molecule has 0 amide bonds. The van der Waals surface area contributed by atoms with Gasteiger partial charge in [0.05, 0.1) is 0 Å². The topological polar surface area (TPSA) is 81.1 Å². The molecular formula is C47H35N5O2. The van der Waals surface area contributed by atoms with Gasteiger partial charge in [0.1, 0.15) is 0 Å². The lowest BCUT2D eigenvalue weighted by Gasteiger charge is -2.26. The van der Waals surface area contributed by atoms with Crippen molar-refractivity contribution in [2.45, 2.75) is 13.0 Å². The minimum absolute atomic E-state index is 0.235. The summed E-state index contributed by atoms with van der Waals surface area (Å²) in [6.07, 6.45) is 6.54. The predicted molar refractivity (Wildman–Crippen MR) is 215 cm³/mol. The van der Waals surface area contributed by atoms with Gasteiger partial charge in [-0.05, 0) is 112 Å². The van der Waals surface area contributed by atoms with Gasteiger partial charge in [-0.3, -0.25) is 0 Å². The van der Waals surface area contributed by atoms with Crippen LogP contribution in [0.3, 0.4) is 0 Å². The highest BCUT2D eigenvalue weighted by atomic mass is 16.4. The van der Waals surface area contributed by atoms with Crippen molar-refractivity contribution in [3.63, 3.8) is 0 Å². The lowest BCUT2D eigenvalue weighted by molar-refractivity contribution is 0.404. The van der Waals surface area contributed by atoms with Crippen LogP contribution in [0.2, 0.25) is 0 Å². The standard InChI is InChI=1S/C47H35N5O2/c1-31-29-40(27-28-52(31)2)43-30-41(47-51-50-46(54-47)38-21-15-35(16-22-38)33-11-7-4-8-12-33)25-26-42(43)36-17-23-39(24-18-36)45-49-48-44(53-45)37-19-13-34(14-20-37)32-9-5-3-6-10-32/h3-31H,1-2H3. The second-order valence-corrected chi connectivity index (χ2v) is 13.4. The number of aromatic nitrogens is 4. The van der Waals surface area contributed by atoms with Crippen LogP contribution in [0, 0.1) is 0 Å².